The van der Waals surface area contributed by atoms with Crippen LogP contribution in [0.1, 0.15) is 31.0 Å². The molecular weight excluding hydrogens is 728 g/mol. The number of nitrogens with zero attached hydrogens (tertiary/aromatic N) is 3. The van der Waals surface area contributed by atoms with Crippen molar-refractivity contribution >= 4 is 74.3 Å². The first-order chi connectivity index (χ1) is 18.2. The van der Waals surface area contributed by atoms with Gasteiger partial charge in [0, 0.05) is 19.8 Å². The number of carbonyl (C=O) groups is 1. The van der Waals surface area contributed by atoms with Gasteiger partial charge in [-0.05, 0) is 100 Å². The van der Waals surface area contributed by atoms with Gasteiger partial charge in [0.05, 0.1) is 35.6 Å². The van der Waals surface area contributed by atoms with Crippen LogP contribution >= 0.6 is 56.5 Å². The van der Waals surface area contributed by atoms with Crippen LogP contribution in [0.2, 0.25) is 0 Å². The number of benzene rings is 2. The predicted molar refractivity (Wildman–Crippen MR) is 169 cm³/mol. The highest BCUT2D eigenvalue weighted by atomic mass is 127. The van der Waals surface area contributed by atoms with Crippen molar-refractivity contribution in [1.29, 1.82) is 0 Å². The first kappa shape index (κ1) is 28.6. The Morgan fingerprint density at radius 1 is 1.21 bits per heavy atom. The minimum atomic E-state index is -0.640. The molecule has 1 aromatic heterocycles. The molecule has 1 atom stereocenters. The second kappa shape index (κ2) is 12.2. The van der Waals surface area contributed by atoms with Crippen molar-refractivity contribution in [2.45, 2.75) is 19.9 Å². The number of halogens is 2. The van der Waals surface area contributed by atoms with Crippen LogP contribution in [-0.4, -0.2) is 37.8 Å². The Labute approximate surface area is 252 Å². The van der Waals surface area contributed by atoms with E-state index in [4.69, 9.17) is 9.47 Å². The van der Waals surface area contributed by atoms with Gasteiger partial charge >= 0.3 is 5.97 Å². The van der Waals surface area contributed by atoms with E-state index in [1.54, 1.807) is 24.5 Å². The van der Waals surface area contributed by atoms with Gasteiger partial charge in [0.25, 0.3) is 5.56 Å². The Balaban J connectivity index is 1.88. The Morgan fingerprint density at radius 3 is 2.45 bits per heavy atom. The minimum absolute atomic E-state index is 0.207. The summed E-state index contributed by atoms with van der Waals surface area (Å²) >= 11 is 5.78. The summed E-state index contributed by atoms with van der Waals surface area (Å²) in [5, 5.41) is 0. The molecular formula is C28H27I2N3O4S. The quantitative estimate of drug-likeness (QED) is 0.191. The number of carbonyl (C=O) groups excluding carboxylic acids is 1. The second-order valence-corrected chi connectivity index (χ2v) is 12.0. The summed E-state index contributed by atoms with van der Waals surface area (Å²) in [5.74, 6) is 0.324. The monoisotopic (exact) mass is 755 g/mol. The SMILES string of the molecule is C=CCOc1c(I)cc(/C=c2\sc3n(c2=O)C(c2ccc(N(C)C)cc2)C(C(=O)OCC)=C(C)N=3)cc1I. The Morgan fingerprint density at radius 2 is 1.87 bits per heavy atom. The number of anilines is 1. The number of hydrogen-bond donors (Lipinski definition) is 0. The fourth-order valence-corrected chi connectivity index (χ4v) is 7.33. The molecule has 0 radical (unpaired) electrons. The van der Waals surface area contributed by atoms with Gasteiger partial charge in [-0.25, -0.2) is 9.79 Å². The van der Waals surface area contributed by atoms with Crippen LogP contribution in [0, 0.1) is 7.14 Å². The maximum absolute atomic E-state index is 13.8. The normalized spacial score (nSPS) is 15.1. The van der Waals surface area contributed by atoms with Gasteiger partial charge in [-0.3, -0.25) is 9.36 Å². The molecule has 2 aromatic carbocycles. The molecule has 0 spiro atoms. The molecule has 0 N–H and O–H groups in total. The molecule has 10 heteroatoms. The number of hydrogen-bond acceptors (Lipinski definition) is 7. The maximum atomic E-state index is 13.8. The van der Waals surface area contributed by atoms with Gasteiger partial charge in [0.2, 0.25) is 0 Å². The third-order valence-corrected chi connectivity index (χ3v) is 8.49. The summed E-state index contributed by atoms with van der Waals surface area (Å²) in [6.07, 6.45) is 3.57. The standard InChI is InChI=1S/C28H27I2N3O4S/c1-6-12-37-25-20(29)13-17(14-21(25)30)15-22-26(34)33-24(18-8-10-19(11-9-18)32(4)5)23(27(35)36-7-2)16(3)31-28(33)38-22/h6,8-11,13-15,24H,1,7,12H2,2-5H3/b22-15-. The molecule has 3 aromatic rings. The van der Waals surface area contributed by atoms with Crippen molar-refractivity contribution in [3.05, 3.63) is 98.3 Å². The number of esters is 1. The van der Waals surface area contributed by atoms with E-state index in [2.05, 4.69) is 56.8 Å². The molecule has 4 rings (SSSR count). The molecule has 0 saturated heterocycles. The number of ether oxygens (including phenoxy) is 2. The molecule has 0 saturated carbocycles. The lowest BCUT2D eigenvalue weighted by molar-refractivity contribution is -0.139. The topological polar surface area (TPSA) is 73.1 Å². The smallest absolute Gasteiger partial charge is 0.338 e. The third-order valence-electron chi connectivity index (χ3n) is 5.91. The van der Waals surface area contributed by atoms with Crippen molar-refractivity contribution in [1.82, 2.24) is 4.57 Å². The van der Waals surface area contributed by atoms with E-state index in [1.807, 2.05) is 61.5 Å². The first-order valence-corrected chi connectivity index (χ1v) is 14.8. The lowest BCUT2D eigenvalue weighted by atomic mass is 9.95. The zero-order valence-corrected chi connectivity index (χ0v) is 26.6. The van der Waals surface area contributed by atoms with Crippen LogP contribution in [0.3, 0.4) is 0 Å². The predicted octanol–water partition coefficient (Wildman–Crippen LogP) is 4.64. The van der Waals surface area contributed by atoms with Crippen LogP contribution in [-0.2, 0) is 9.53 Å². The van der Waals surface area contributed by atoms with Gasteiger partial charge in [-0.1, -0.05) is 36.1 Å². The molecule has 2 heterocycles. The van der Waals surface area contributed by atoms with E-state index in [0.717, 1.165) is 29.7 Å². The summed E-state index contributed by atoms with van der Waals surface area (Å²) in [5.41, 5.74) is 3.42. The van der Waals surface area contributed by atoms with Gasteiger partial charge in [0.1, 0.15) is 12.4 Å². The van der Waals surface area contributed by atoms with E-state index in [0.29, 0.717) is 27.2 Å². The number of allylic oxidation sites excluding steroid dienone is 1. The summed E-state index contributed by atoms with van der Waals surface area (Å²) in [7, 11) is 3.93. The van der Waals surface area contributed by atoms with Crippen molar-refractivity contribution in [3.63, 3.8) is 0 Å². The van der Waals surface area contributed by atoms with Crippen LogP contribution in [0.25, 0.3) is 6.08 Å². The van der Waals surface area contributed by atoms with E-state index < -0.39 is 12.0 Å². The van der Waals surface area contributed by atoms with Gasteiger partial charge in [-0.15, -0.1) is 0 Å². The highest BCUT2D eigenvalue weighted by Gasteiger charge is 2.33. The van der Waals surface area contributed by atoms with E-state index >= 15 is 0 Å². The largest absolute Gasteiger partial charge is 0.487 e. The number of aromatic nitrogens is 1. The zero-order valence-electron chi connectivity index (χ0n) is 21.5. The zero-order chi connectivity index (χ0) is 27.6. The van der Waals surface area contributed by atoms with Crippen LogP contribution < -0.4 is 24.5 Å². The summed E-state index contributed by atoms with van der Waals surface area (Å²) in [6.45, 7) is 7.91. The maximum Gasteiger partial charge on any atom is 0.338 e. The highest BCUT2D eigenvalue weighted by Crippen LogP contribution is 2.32. The fraction of sp³-hybridized carbons (Fsp3) is 0.250. The molecule has 0 bridgehead atoms. The van der Waals surface area contributed by atoms with Gasteiger partial charge < -0.3 is 14.4 Å². The lowest BCUT2D eigenvalue weighted by Gasteiger charge is -2.25. The number of thiazole rings is 1. The molecule has 38 heavy (non-hydrogen) atoms. The third kappa shape index (κ3) is 5.76. The molecule has 0 aliphatic carbocycles. The Bertz CT molecular complexity index is 1580. The summed E-state index contributed by atoms with van der Waals surface area (Å²) in [4.78, 5) is 34.1. The molecule has 1 aliphatic heterocycles. The lowest BCUT2D eigenvalue weighted by Crippen LogP contribution is -2.39. The molecule has 0 amide bonds. The molecule has 7 nitrogen and oxygen atoms in total. The van der Waals surface area contributed by atoms with Crippen LogP contribution in [0.15, 0.2) is 70.1 Å². The van der Waals surface area contributed by atoms with Gasteiger partial charge in [-0.2, -0.15) is 0 Å². The molecule has 1 unspecified atom stereocenters. The fourth-order valence-electron chi connectivity index (χ4n) is 4.16. The summed E-state index contributed by atoms with van der Waals surface area (Å²) < 4.78 is 15.2. The van der Waals surface area contributed by atoms with Crippen LogP contribution in [0.4, 0.5) is 5.69 Å². The van der Waals surface area contributed by atoms with E-state index in [1.165, 1.54) is 11.3 Å². The van der Waals surface area contributed by atoms with Crippen molar-refractivity contribution in [3.8, 4) is 5.75 Å². The van der Waals surface area contributed by atoms with Crippen LogP contribution in [0.5, 0.6) is 5.75 Å². The average molecular weight is 755 g/mol. The number of fused-ring (bicyclic) bond motifs is 1. The molecule has 198 valence electrons. The number of rotatable bonds is 8. The summed E-state index contributed by atoms with van der Waals surface area (Å²) in [6, 6.07) is 11.2. The Hall–Kier alpha value is -2.45. The van der Waals surface area contributed by atoms with Crippen molar-refractivity contribution < 1.29 is 14.3 Å². The Kier molecular flexibility index (Phi) is 9.14. The molecule has 0 fully saturated rings. The first-order valence-electron chi connectivity index (χ1n) is 11.9. The van der Waals surface area contributed by atoms with Crippen molar-refractivity contribution in [2.24, 2.45) is 4.99 Å². The van der Waals surface area contributed by atoms with Gasteiger partial charge in [0.15, 0.2) is 4.80 Å². The molecule has 1 aliphatic rings. The average Bonchev–Trinajstić information content (AvgIpc) is 3.17. The van der Waals surface area contributed by atoms with E-state index in [-0.39, 0.29) is 12.2 Å². The minimum Gasteiger partial charge on any atom is -0.487 e. The van der Waals surface area contributed by atoms with Crippen molar-refractivity contribution in [2.75, 3.05) is 32.2 Å². The van der Waals surface area contributed by atoms with E-state index in [9.17, 15) is 9.59 Å². The second-order valence-electron chi connectivity index (χ2n) is 8.70. The highest BCUT2D eigenvalue weighted by molar-refractivity contribution is 14.1.